The SMILES string of the molecule is Cc1noc(Cl)c1CCC(=O)N1CCC2CCC(C1)N2. The average Bonchev–Trinajstić information content (AvgIpc) is 2.90. The highest BCUT2D eigenvalue weighted by molar-refractivity contribution is 6.29. The number of carbonyl (C=O) groups is 1. The normalized spacial score (nSPS) is 25.8. The highest BCUT2D eigenvalue weighted by Gasteiger charge is 2.31. The van der Waals surface area contributed by atoms with Crippen LogP contribution in [0.1, 0.15) is 36.9 Å². The molecule has 0 spiro atoms. The highest BCUT2D eigenvalue weighted by Crippen LogP contribution is 2.23. The molecule has 0 aromatic carbocycles. The zero-order valence-electron chi connectivity index (χ0n) is 11.7. The van der Waals surface area contributed by atoms with Crippen molar-refractivity contribution in [2.45, 2.75) is 51.1 Å². The van der Waals surface area contributed by atoms with Crippen LogP contribution in [-0.4, -0.2) is 41.1 Å². The van der Waals surface area contributed by atoms with E-state index >= 15 is 0 Å². The lowest BCUT2D eigenvalue weighted by Crippen LogP contribution is -2.39. The zero-order chi connectivity index (χ0) is 14.1. The number of hydrogen-bond donors (Lipinski definition) is 1. The van der Waals surface area contributed by atoms with Crippen molar-refractivity contribution >= 4 is 17.5 Å². The number of rotatable bonds is 3. The number of aromatic nitrogens is 1. The van der Waals surface area contributed by atoms with Gasteiger partial charge in [0.2, 0.25) is 11.1 Å². The van der Waals surface area contributed by atoms with Gasteiger partial charge in [0.05, 0.1) is 5.69 Å². The Bertz CT molecular complexity index is 483. The summed E-state index contributed by atoms with van der Waals surface area (Å²) >= 11 is 5.93. The fraction of sp³-hybridized carbons (Fsp3) is 0.714. The van der Waals surface area contributed by atoms with Crippen LogP contribution >= 0.6 is 11.6 Å². The summed E-state index contributed by atoms with van der Waals surface area (Å²) in [6, 6.07) is 1.08. The fourth-order valence-electron chi connectivity index (χ4n) is 3.20. The van der Waals surface area contributed by atoms with E-state index in [0.29, 0.717) is 30.1 Å². The van der Waals surface area contributed by atoms with Crippen LogP contribution in [0.3, 0.4) is 0 Å². The number of hydrogen-bond acceptors (Lipinski definition) is 4. The van der Waals surface area contributed by atoms with E-state index < -0.39 is 0 Å². The Morgan fingerprint density at radius 2 is 2.25 bits per heavy atom. The molecule has 2 unspecified atom stereocenters. The monoisotopic (exact) mass is 297 g/mol. The Labute approximate surface area is 123 Å². The Morgan fingerprint density at radius 1 is 1.45 bits per heavy atom. The van der Waals surface area contributed by atoms with Crippen LogP contribution in [0.25, 0.3) is 0 Å². The van der Waals surface area contributed by atoms with E-state index in [4.69, 9.17) is 16.1 Å². The number of halogens is 1. The number of nitrogens with one attached hydrogen (secondary N) is 1. The molecule has 2 fully saturated rings. The van der Waals surface area contributed by atoms with Crippen molar-refractivity contribution in [3.63, 3.8) is 0 Å². The van der Waals surface area contributed by atoms with Crippen LogP contribution in [0.2, 0.25) is 5.22 Å². The van der Waals surface area contributed by atoms with Gasteiger partial charge in [-0.25, -0.2) is 0 Å². The number of amides is 1. The minimum absolute atomic E-state index is 0.205. The maximum atomic E-state index is 12.3. The lowest BCUT2D eigenvalue weighted by molar-refractivity contribution is -0.131. The van der Waals surface area contributed by atoms with Crippen LogP contribution in [0, 0.1) is 6.92 Å². The number of fused-ring (bicyclic) bond motifs is 2. The third-order valence-corrected chi connectivity index (χ3v) is 4.70. The van der Waals surface area contributed by atoms with Gasteiger partial charge in [0, 0.05) is 37.2 Å². The molecule has 0 saturated carbocycles. The Kier molecular flexibility index (Phi) is 3.98. The quantitative estimate of drug-likeness (QED) is 0.926. The molecule has 5 nitrogen and oxygen atoms in total. The molecule has 110 valence electrons. The first-order chi connectivity index (χ1) is 9.63. The van der Waals surface area contributed by atoms with E-state index in [1.807, 2.05) is 11.8 Å². The summed E-state index contributed by atoms with van der Waals surface area (Å²) in [5.41, 5.74) is 1.63. The van der Waals surface area contributed by atoms with Crippen LogP contribution < -0.4 is 5.32 Å². The lowest BCUT2D eigenvalue weighted by atomic mass is 10.1. The molecule has 1 amide bonds. The highest BCUT2D eigenvalue weighted by atomic mass is 35.5. The fourth-order valence-corrected chi connectivity index (χ4v) is 3.47. The molecule has 2 aliphatic heterocycles. The zero-order valence-corrected chi connectivity index (χ0v) is 12.4. The summed E-state index contributed by atoms with van der Waals surface area (Å²) in [5.74, 6) is 0.205. The Hall–Kier alpha value is -1.07. The smallest absolute Gasteiger partial charge is 0.229 e. The predicted molar refractivity (Wildman–Crippen MR) is 75.7 cm³/mol. The molecule has 2 aliphatic rings. The van der Waals surface area contributed by atoms with Crippen molar-refractivity contribution in [3.05, 3.63) is 16.5 Å². The van der Waals surface area contributed by atoms with Crippen molar-refractivity contribution in [1.29, 1.82) is 0 Å². The number of likely N-dealkylation sites (tertiary alicyclic amines) is 1. The van der Waals surface area contributed by atoms with Gasteiger partial charge >= 0.3 is 0 Å². The molecule has 1 aromatic heterocycles. The van der Waals surface area contributed by atoms with Crippen molar-refractivity contribution < 1.29 is 9.32 Å². The maximum absolute atomic E-state index is 12.3. The van der Waals surface area contributed by atoms with E-state index in [2.05, 4.69) is 10.5 Å². The van der Waals surface area contributed by atoms with Gasteiger partial charge in [-0.1, -0.05) is 5.16 Å². The van der Waals surface area contributed by atoms with Crippen molar-refractivity contribution in [1.82, 2.24) is 15.4 Å². The van der Waals surface area contributed by atoms with Gasteiger partial charge in [0.15, 0.2) is 0 Å². The predicted octanol–water partition coefficient (Wildman–Crippen LogP) is 1.92. The molecule has 2 bridgehead atoms. The van der Waals surface area contributed by atoms with Crippen LogP contribution in [0.4, 0.5) is 0 Å². The van der Waals surface area contributed by atoms with Crippen LogP contribution in [0.5, 0.6) is 0 Å². The summed E-state index contributed by atoms with van der Waals surface area (Å²) < 4.78 is 4.91. The second kappa shape index (κ2) is 5.74. The van der Waals surface area contributed by atoms with E-state index in [9.17, 15) is 4.79 Å². The summed E-state index contributed by atoms with van der Waals surface area (Å²) in [5, 5.41) is 7.71. The number of nitrogens with zero attached hydrogens (tertiary/aromatic N) is 2. The minimum Gasteiger partial charge on any atom is -0.344 e. The van der Waals surface area contributed by atoms with E-state index in [1.165, 1.54) is 12.8 Å². The van der Waals surface area contributed by atoms with E-state index in [-0.39, 0.29) is 5.91 Å². The van der Waals surface area contributed by atoms with Gasteiger partial charge in [-0.15, -0.1) is 0 Å². The minimum atomic E-state index is 0.205. The van der Waals surface area contributed by atoms with Gasteiger partial charge in [0.25, 0.3) is 0 Å². The molecule has 2 atom stereocenters. The molecule has 1 N–H and O–H groups in total. The van der Waals surface area contributed by atoms with Gasteiger partial charge < -0.3 is 14.7 Å². The van der Waals surface area contributed by atoms with Crippen molar-refractivity contribution in [2.24, 2.45) is 0 Å². The summed E-state index contributed by atoms with van der Waals surface area (Å²) in [6.45, 7) is 3.55. The van der Waals surface area contributed by atoms with Crippen LogP contribution in [0.15, 0.2) is 4.52 Å². The maximum Gasteiger partial charge on any atom is 0.229 e. The topological polar surface area (TPSA) is 58.4 Å². The molecule has 3 rings (SSSR count). The first-order valence-electron chi connectivity index (χ1n) is 7.28. The molecule has 1 aromatic rings. The van der Waals surface area contributed by atoms with Crippen molar-refractivity contribution in [2.75, 3.05) is 13.1 Å². The largest absolute Gasteiger partial charge is 0.344 e. The van der Waals surface area contributed by atoms with Gasteiger partial charge in [-0.2, -0.15) is 0 Å². The lowest BCUT2D eigenvalue weighted by Gasteiger charge is -2.24. The van der Waals surface area contributed by atoms with Crippen LogP contribution in [-0.2, 0) is 11.2 Å². The van der Waals surface area contributed by atoms with E-state index in [1.54, 1.807) is 0 Å². The average molecular weight is 298 g/mol. The summed E-state index contributed by atoms with van der Waals surface area (Å²) in [4.78, 5) is 14.3. The molecular formula is C14H20ClN3O2. The molecule has 0 aliphatic carbocycles. The molecule has 3 heterocycles. The van der Waals surface area contributed by atoms with Crippen molar-refractivity contribution in [3.8, 4) is 0 Å². The Balaban J connectivity index is 1.56. The Morgan fingerprint density at radius 3 is 3.00 bits per heavy atom. The van der Waals surface area contributed by atoms with E-state index in [0.717, 1.165) is 30.8 Å². The van der Waals surface area contributed by atoms with Gasteiger partial charge in [-0.05, 0) is 44.2 Å². The molecule has 0 radical (unpaired) electrons. The van der Waals surface area contributed by atoms with Gasteiger partial charge in [0.1, 0.15) is 0 Å². The molecule has 2 saturated heterocycles. The first-order valence-corrected chi connectivity index (χ1v) is 7.65. The standard InChI is InChI=1S/C14H20ClN3O2/c1-9-12(14(15)20-17-9)4-5-13(19)18-7-6-10-2-3-11(8-18)16-10/h10-11,16H,2-8H2,1H3. The number of aryl methyl sites for hydroxylation is 1. The van der Waals surface area contributed by atoms with Gasteiger partial charge in [-0.3, -0.25) is 4.79 Å². The third kappa shape index (κ3) is 2.83. The molecule has 20 heavy (non-hydrogen) atoms. The summed E-state index contributed by atoms with van der Waals surface area (Å²) in [7, 11) is 0. The second-order valence-corrected chi connectivity index (χ2v) is 6.13. The summed E-state index contributed by atoms with van der Waals surface area (Å²) in [6.07, 6.45) is 4.58. The second-order valence-electron chi connectivity index (χ2n) is 5.79. The molecular weight excluding hydrogens is 278 g/mol. The third-order valence-electron chi connectivity index (χ3n) is 4.40. The first kappa shape index (κ1) is 13.9. The molecule has 6 heteroatoms. The number of carbonyl (C=O) groups excluding carboxylic acids is 1.